The van der Waals surface area contributed by atoms with Crippen LogP contribution >= 0.6 is 0 Å². The number of hydrogen-bond donors (Lipinski definition) is 0. The first-order valence-electron chi connectivity index (χ1n) is 10.4. The summed E-state index contributed by atoms with van der Waals surface area (Å²) in [6, 6.07) is 9.09. The Kier molecular flexibility index (Phi) is 7.39. The van der Waals surface area contributed by atoms with Crippen molar-refractivity contribution in [3.05, 3.63) is 41.5 Å². The first-order chi connectivity index (χ1) is 15.0. The number of fused-ring (bicyclic) bond motifs is 1. The van der Waals surface area contributed by atoms with Crippen molar-refractivity contribution in [1.82, 2.24) is 0 Å². The van der Waals surface area contributed by atoms with Crippen LogP contribution in [0.25, 0.3) is 11.1 Å². The van der Waals surface area contributed by atoms with Crippen molar-refractivity contribution in [2.24, 2.45) is 5.92 Å². The molecule has 0 aliphatic carbocycles. The van der Waals surface area contributed by atoms with Gasteiger partial charge in [0.15, 0.2) is 11.5 Å². The molecule has 2 aromatic rings. The molecule has 0 amide bonds. The summed E-state index contributed by atoms with van der Waals surface area (Å²) < 4.78 is 27.6. The van der Waals surface area contributed by atoms with Gasteiger partial charge in [0.25, 0.3) is 0 Å². The SMILES string of the molecule is CCC(CC)C(=O)OCCOc1c(-c2cccc3c2COC3=O)ccc(OC)c1OC. The third kappa shape index (κ3) is 4.60. The number of ether oxygens (including phenoxy) is 5. The van der Waals surface area contributed by atoms with Gasteiger partial charge in [0.05, 0.1) is 25.7 Å². The summed E-state index contributed by atoms with van der Waals surface area (Å²) in [7, 11) is 3.08. The molecule has 1 heterocycles. The standard InChI is InChI=1S/C24H28O7/c1-5-15(6-2)23(25)30-13-12-29-21-17(10-11-20(27-3)22(21)28-4)16-8-7-9-18-19(16)14-31-24(18)26/h7-11,15H,5-6,12-14H2,1-4H3. The third-order valence-corrected chi connectivity index (χ3v) is 5.43. The predicted octanol–water partition coefficient (Wildman–Crippen LogP) is 4.40. The van der Waals surface area contributed by atoms with Crippen molar-refractivity contribution >= 4 is 11.9 Å². The minimum atomic E-state index is -0.340. The first-order valence-corrected chi connectivity index (χ1v) is 10.4. The zero-order valence-corrected chi connectivity index (χ0v) is 18.4. The Balaban J connectivity index is 1.89. The fourth-order valence-corrected chi connectivity index (χ4v) is 3.68. The zero-order chi connectivity index (χ0) is 22.4. The molecule has 3 rings (SSSR count). The van der Waals surface area contributed by atoms with Gasteiger partial charge in [-0.1, -0.05) is 26.0 Å². The minimum absolute atomic E-state index is 0.105. The van der Waals surface area contributed by atoms with E-state index in [0.717, 1.165) is 29.5 Å². The molecular formula is C24H28O7. The predicted molar refractivity (Wildman–Crippen MR) is 115 cm³/mol. The average Bonchev–Trinajstić information content (AvgIpc) is 3.18. The number of cyclic esters (lactones) is 1. The number of carbonyl (C=O) groups is 2. The molecule has 166 valence electrons. The second kappa shape index (κ2) is 10.2. The number of esters is 2. The summed E-state index contributed by atoms with van der Waals surface area (Å²) in [5.74, 6) is 0.722. The van der Waals surface area contributed by atoms with Crippen molar-refractivity contribution in [2.45, 2.75) is 33.3 Å². The van der Waals surface area contributed by atoms with Gasteiger partial charge < -0.3 is 23.7 Å². The molecule has 31 heavy (non-hydrogen) atoms. The van der Waals surface area contributed by atoms with Crippen LogP contribution in [0.5, 0.6) is 17.2 Å². The molecule has 0 bridgehead atoms. The number of rotatable bonds is 10. The van der Waals surface area contributed by atoms with E-state index in [1.165, 1.54) is 7.11 Å². The summed E-state index contributed by atoms with van der Waals surface area (Å²) in [5.41, 5.74) is 2.88. The lowest BCUT2D eigenvalue weighted by molar-refractivity contribution is -0.149. The first kappa shape index (κ1) is 22.5. The van der Waals surface area contributed by atoms with Crippen LogP contribution in [0, 0.1) is 5.92 Å². The van der Waals surface area contributed by atoms with Gasteiger partial charge in [-0.3, -0.25) is 4.79 Å². The summed E-state index contributed by atoms with van der Waals surface area (Å²) >= 11 is 0. The Morgan fingerprint density at radius 3 is 2.39 bits per heavy atom. The highest BCUT2D eigenvalue weighted by molar-refractivity contribution is 5.96. The molecular weight excluding hydrogens is 400 g/mol. The van der Waals surface area contributed by atoms with Gasteiger partial charge in [0.2, 0.25) is 5.75 Å². The minimum Gasteiger partial charge on any atom is -0.493 e. The van der Waals surface area contributed by atoms with E-state index < -0.39 is 0 Å². The van der Waals surface area contributed by atoms with Gasteiger partial charge in [0.1, 0.15) is 19.8 Å². The molecule has 1 aliphatic heterocycles. The van der Waals surface area contributed by atoms with Crippen LogP contribution in [0.2, 0.25) is 0 Å². The van der Waals surface area contributed by atoms with Crippen molar-refractivity contribution < 1.29 is 33.3 Å². The lowest BCUT2D eigenvalue weighted by Gasteiger charge is -2.19. The molecule has 0 spiro atoms. The number of hydrogen-bond acceptors (Lipinski definition) is 7. The number of carbonyl (C=O) groups excluding carboxylic acids is 2. The second-order valence-electron chi connectivity index (χ2n) is 7.11. The van der Waals surface area contributed by atoms with Crippen LogP contribution < -0.4 is 14.2 Å². The van der Waals surface area contributed by atoms with Crippen LogP contribution in [0.4, 0.5) is 0 Å². The summed E-state index contributed by atoms with van der Waals surface area (Å²) in [6.07, 6.45) is 1.48. The highest BCUT2D eigenvalue weighted by Crippen LogP contribution is 2.46. The summed E-state index contributed by atoms with van der Waals surface area (Å²) in [6.45, 7) is 4.39. The molecule has 0 aromatic heterocycles. The monoisotopic (exact) mass is 428 g/mol. The van der Waals surface area contributed by atoms with Crippen molar-refractivity contribution in [3.8, 4) is 28.4 Å². The number of benzene rings is 2. The maximum atomic E-state index is 12.1. The van der Waals surface area contributed by atoms with E-state index in [9.17, 15) is 9.59 Å². The van der Waals surface area contributed by atoms with E-state index in [2.05, 4.69) is 0 Å². The lowest BCUT2D eigenvalue weighted by atomic mass is 9.95. The highest BCUT2D eigenvalue weighted by atomic mass is 16.6. The molecule has 0 unspecified atom stereocenters. The topological polar surface area (TPSA) is 80.3 Å². The van der Waals surface area contributed by atoms with Gasteiger partial charge >= 0.3 is 11.9 Å². The van der Waals surface area contributed by atoms with Gasteiger partial charge in [0, 0.05) is 11.1 Å². The van der Waals surface area contributed by atoms with Crippen LogP contribution in [0.3, 0.4) is 0 Å². The van der Waals surface area contributed by atoms with Crippen molar-refractivity contribution in [3.63, 3.8) is 0 Å². The molecule has 2 aromatic carbocycles. The molecule has 1 aliphatic rings. The molecule has 0 radical (unpaired) electrons. The number of methoxy groups -OCH3 is 2. The van der Waals surface area contributed by atoms with E-state index in [4.69, 9.17) is 23.7 Å². The zero-order valence-electron chi connectivity index (χ0n) is 18.4. The van der Waals surface area contributed by atoms with Crippen LogP contribution in [0.1, 0.15) is 42.6 Å². The Hall–Kier alpha value is -3.22. The van der Waals surface area contributed by atoms with Crippen LogP contribution in [-0.2, 0) is 20.9 Å². The van der Waals surface area contributed by atoms with Crippen LogP contribution in [-0.4, -0.2) is 39.4 Å². The molecule has 7 heteroatoms. The second-order valence-corrected chi connectivity index (χ2v) is 7.11. The molecule has 0 saturated carbocycles. The van der Waals surface area contributed by atoms with Gasteiger partial charge in [-0.2, -0.15) is 0 Å². The Bertz CT molecular complexity index is 947. The van der Waals surface area contributed by atoms with Crippen molar-refractivity contribution in [1.29, 1.82) is 0 Å². The maximum Gasteiger partial charge on any atom is 0.338 e. The van der Waals surface area contributed by atoms with E-state index >= 15 is 0 Å². The van der Waals surface area contributed by atoms with E-state index in [0.29, 0.717) is 22.8 Å². The fourth-order valence-electron chi connectivity index (χ4n) is 3.68. The summed E-state index contributed by atoms with van der Waals surface area (Å²) in [5, 5.41) is 0. The average molecular weight is 428 g/mol. The maximum absolute atomic E-state index is 12.1. The highest BCUT2D eigenvalue weighted by Gasteiger charge is 2.27. The van der Waals surface area contributed by atoms with Gasteiger partial charge in [-0.25, -0.2) is 4.79 Å². The summed E-state index contributed by atoms with van der Waals surface area (Å²) in [4.78, 5) is 24.1. The van der Waals surface area contributed by atoms with Crippen molar-refractivity contribution in [2.75, 3.05) is 27.4 Å². The Morgan fingerprint density at radius 1 is 0.968 bits per heavy atom. The van der Waals surface area contributed by atoms with E-state index in [1.807, 2.05) is 26.0 Å². The third-order valence-electron chi connectivity index (χ3n) is 5.43. The van der Waals surface area contributed by atoms with Gasteiger partial charge in [-0.15, -0.1) is 0 Å². The fraction of sp³-hybridized carbons (Fsp3) is 0.417. The normalized spacial score (nSPS) is 12.4. The van der Waals surface area contributed by atoms with E-state index in [-0.39, 0.29) is 37.7 Å². The quantitative estimate of drug-likeness (QED) is 0.410. The molecule has 0 saturated heterocycles. The Labute approximate surface area is 182 Å². The lowest BCUT2D eigenvalue weighted by Crippen LogP contribution is -2.19. The smallest absolute Gasteiger partial charge is 0.338 e. The van der Waals surface area contributed by atoms with E-state index in [1.54, 1.807) is 25.3 Å². The molecule has 0 N–H and O–H groups in total. The molecule has 7 nitrogen and oxygen atoms in total. The molecule has 0 fully saturated rings. The van der Waals surface area contributed by atoms with Crippen LogP contribution in [0.15, 0.2) is 30.3 Å². The Morgan fingerprint density at radius 2 is 1.71 bits per heavy atom. The molecule has 0 atom stereocenters. The van der Waals surface area contributed by atoms with Gasteiger partial charge in [-0.05, 0) is 36.6 Å². The largest absolute Gasteiger partial charge is 0.493 e.